The van der Waals surface area contributed by atoms with Crippen molar-refractivity contribution in [2.75, 3.05) is 27.2 Å². The summed E-state index contributed by atoms with van der Waals surface area (Å²) in [6.07, 6.45) is 6.98. The summed E-state index contributed by atoms with van der Waals surface area (Å²) >= 11 is 0. The van der Waals surface area contributed by atoms with Crippen LogP contribution in [-0.2, 0) is 33.5 Å². The number of allylic oxidation sites excluding steroid dienone is 5. The first-order chi connectivity index (χ1) is 23.2. The Morgan fingerprint density at radius 2 is 1.70 bits per heavy atom. The molecule has 2 fully saturated rings. The van der Waals surface area contributed by atoms with Gasteiger partial charge in [0, 0.05) is 20.6 Å². The van der Waals surface area contributed by atoms with Crippen LogP contribution in [0.2, 0.25) is 0 Å². The number of Topliss-reactive ketones (excluding diaryl/α,β-unsaturated/α-hetero) is 1. The van der Waals surface area contributed by atoms with E-state index in [1.54, 1.807) is 67.8 Å². The van der Waals surface area contributed by atoms with Crippen molar-refractivity contribution in [2.45, 2.75) is 98.9 Å². The fourth-order valence-corrected chi connectivity index (χ4v) is 6.59. The van der Waals surface area contributed by atoms with E-state index in [1.807, 2.05) is 26.0 Å². The molecular weight excluding hydrogens is 644 g/mol. The van der Waals surface area contributed by atoms with Crippen molar-refractivity contribution in [3.05, 3.63) is 35.6 Å². The highest BCUT2D eigenvalue weighted by Gasteiger charge is 2.70. The highest BCUT2D eigenvalue weighted by molar-refractivity contribution is 6.38. The molecule has 50 heavy (non-hydrogen) atoms. The molecule has 1 heterocycles. The van der Waals surface area contributed by atoms with E-state index in [0.717, 1.165) is 0 Å². The Morgan fingerprint density at radius 1 is 1.04 bits per heavy atom. The van der Waals surface area contributed by atoms with Crippen LogP contribution in [0.3, 0.4) is 0 Å². The van der Waals surface area contributed by atoms with Crippen LogP contribution in [0.4, 0.5) is 4.79 Å². The minimum Gasteiger partial charge on any atom is -0.447 e. The third kappa shape index (κ3) is 9.39. The minimum atomic E-state index is -1.21. The van der Waals surface area contributed by atoms with Gasteiger partial charge in [-0.15, -0.1) is 0 Å². The number of hydrogen-bond donors (Lipinski definition) is 4. The van der Waals surface area contributed by atoms with Crippen molar-refractivity contribution in [1.29, 1.82) is 0 Å². The van der Waals surface area contributed by atoms with Crippen LogP contribution in [0.5, 0.6) is 0 Å². The fraction of sp³-hybridized carbons (Fsp3) is 0.639. The fourth-order valence-electron chi connectivity index (χ4n) is 6.59. The number of ether oxygens (including phenoxy) is 1. The number of likely N-dealkylation sites (N-methyl/N-ethyl adjacent to an activating group) is 1. The maximum Gasteiger partial charge on any atom is 0.408 e. The monoisotopic (exact) mass is 698 g/mol. The van der Waals surface area contributed by atoms with E-state index in [1.165, 1.54) is 9.80 Å². The van der Waals surface area contributed by atoms with Crippen molar-refractivity contribution >= 4 is 41.4 Å². The molecule has 4 N–H and O–H groups in total. The van der Waals surface area contributed by atoms with Crippen molar-refractivity contribution in [2.24, 2.45) is 22.7 Å². The molecule has 0 spiro atoms. The number of nitrogens with one attached hydrogen (secondary N) is 4. The number of hydrogen-bond acceptors (Lipinski definition) is 8. The molecule has 14 nitrogen and oxygen atoms in total. The normalized spacial score (nSPS) is 22.5. The lowest BCUT2D eigenvalue weighted by Crippen LogP contribution is -2.60. The van der Waals surface area contributed by atoms with E-state index >= 15 is 0 Å². The molecule has 5 atom stereocenters. The average molecular weight is 699 g/mol. The van der Waals surface area contributed by atoms with Gasteiger partial charge in [0.1, 0.15) is 17.8 Å². The Labute approximate surface area is 294 Å². The average Bonchev–Trinajstić information content (AvgIpc) is 3.33. The summed E-state index contributed by atoms with van der Waals surface area (Å²) < 4.78 is 5.23. The number of amides is 6. The van der Waals surface area contributed by atoms with Crippen molar-refractivity contribution in [3.63, 3.8) is 0 Å². The van der Waals surface area contributed by atoms with Gasteiger partial charge in [-0.05, 0) is 54.9 Å². The lowest BCUT2D eigenvalue weighted by Gasteiger charge is -2.37. The summed E-state index contributed by atoms with van der Waals surface area (Å²) in [5.41, 5.74) is -0.299. The number of fused-ring (bicyclic) bond motifs is 1. The molecule has 0 aromatic carbocycles. The Bertz CT molecular complexity index is 1470. The summed E-state index contributed by atoms with van der Waals surface area (Å²) in [6.45, 7) is 14.4. The Kier molecular flexibility index (Phi) is 12.8. The van der Waals surface area contributed by atoms with Crippen LogP contribution in [0, 0.1) is 22.7 Å². The molecule has 1 saturated heterocycles. The topological polar surface area (TPSA) is 183 Å². The van der Waals surface area contributed by atoms with E-state index in [2.05, 4.69) is 21.3 Å². The van der Waals surface area contributed by atoms with E-state index in [0.29, 0.717) is 25.0 Å². The quantitative estimate of drug-likeness (QED) is 0.166. The molecule has 1 saturated carbocycles. The second kappa shape index (κ2) is 16.0. The van der Waals surface area contributed by atoms with Gasteiger partial charge in [-0.2, -0.15) is 0 Å². The third-order valence-corrected chi connectivity index (χ3v) is 9.41. The molecule has 0 radical (unpaired) electrons. The second-order valence-corrected chi connectivity index (χ2v) is 15.3. The Morgan fingerprint density at radius 3 is 2.24 bits per heavy atom. The summed E-state index contributed by atoms with van der Waals surface area (Å²) in [5, 5.41) is 10.3. The van der Waals surface area contributed by atoms with Gasteiger partial charge in [0.25, 0.3) is 11.8 Å². The number of carbonyl (C=O) groups is 7. The van der Waals surface area contributed by atoms with Gasteiger partial charge in [0.2, 0.25) is 23.5 Å². The molecule has 0 aromatic heterocycles. The largest absolute Gasteiger partial charge is 0.447 e. The zero-order valence-electron chi connectivity index (χ0n) is 31.0. The Balaban J connectivity index is 1.73. The van der Waals surface area contributed by atoms with E-state index < -0.39 is 77.6 Å². The van der Waals surface area contributed by atoms with Crippen molar-refractivity contribution in [1.82, 2.24) is 31.1 Å². The molecule has 3 rings (SSSR count). The smallest absolute Gasteiger partial charge is 0.408 e. The zero-order chi connectivity index (χ0) is 37.7. The summed E-state index contributed by atoms with van der Waals surface area (Å²) in [5.74, 6) is -4.31. The van der Waals surface area contributed by atoms with Crippen LogP contribution in [-0.4, -0.2) is 103 Å². The van der Waals surface area contributed by atoms with Crippen molar-refractivity contribution in [3.8, 4) is 0 Å². The van der Waals surface area contributed by atoms with Gasteiger partial charge in [-0.1, -0.05) is 72.3 Å². The number of rotatable bonds is 13. The van der Waals surface area contributed by atoms with Crippen LogP contribution < -0.4 is 21.3 Å². The molecule has 276 valence electrons. The molecule has 6 amide bonds. The standard InChI is InChI=1S/C36H54N6O8/c1-11-15-23(28(44)31(46)37-18-24(43)39-26(32(47)41(9)10)21-16-13-12-14-17-21)38-30(45)27-25-22(36(25,7)8)19-42(27)33(48)29(35(4,5)6)40-34(49)50-20(2)3/h12-14,16,20,22-23,25,27,29H,11,15,17-19H2,1-10H3,(H,37,46)(H,38,45)(H,39,43)(H,40,49)/t22?,23?,25-,27-,29+/m0/s1. The summed E-state index contributed by atoms with van der Waals surface area (Å²) in [7, 11) is 3.10. The number of likely N-dealkylation sites (tertiary alicyclic amines) is 1. The predicted octanol–water partition coefficient (Wildman–Crippen LogP) is 1.96. The maximum atomic E-state index is 14.0. The number of carbonyl (C=O) groups excluding carboxylic acids is 7. The molecule has 0 aromatic rings. The molecular formula is C36H54N6O8. The lowest BCUT2D eigenvalue weighted by molar-refractivity contribution is -0.145. The van der Waals surface area contributed by atoms with Crippen LogP contribution in [0.25, 0.3) is 0 Å². The molecule has 14 heteroatoms. The first-order valence-corrected chi connectivity index (χ1v) is 17.2. The molecule has 2 aliphatic carbocycles. The highest BCUT2D eigenvalue weighted by atomic mass is 16.6. The van der Waals surface area contributed by atoms with Gasteiger partial charge >= 0.3 is 6.09 Å². The number of ketones is 1. The lowest BCUT2D eigenvalue weighted by atomic mass is 9.85. The van der Waals surface area contributed by atoms with E-state index in [9.17, 15) is 33.6 Å². The van der Waals surface area contributed by atoms with Crippen LogP contribution in [0.15, 0.2) is 35.6 Å². The molecule has 0 bridgehead atoms. The molecule has 3 aliphatic rings. The van der Waals surface area contributed by atoms with E-state index in [-0.39, 0.29) is 29.4 Å². The zero-order valence-corrected chi connectivity index (χ0v) is 31.0. The second-order valence-electron chi connectivity index (χ2n) is 15.3. The summed E-state index contributed by atoms with van der Waals surface area (Å²) in [4.78, 5) is 95.3. The maximum absolute atomic E-state index is 14.0. The van der Waals surface area contributed by atoms with Crippen LogP contribution in [0.1, 0.15) is 74.7 Å². The third-order valence-electron chi connectivity index (χ3n) is 9.41. The first-order valence-electron chi connectivity index (χ1n) is 17.2. The SMILES string of the molecule is CCCC(NC(=O)[C@@H]1[C@@H]2C(CN1C(=O)[C@@H](NC(=O)OC(C)C)C(C)(C)C)C2(C)C)C(=O)C(=O)NCC(=O)NC(C(=O)N(C)C)=C1C=CC=CC1. The Hall–Kier alpha value is -4.49. The van der Waals surface area contributed by atoms with Crippen molar-refractivity contribution < 1.29 is 38.3 Å². The van der Waals surface area contributed by atoms with Gasteiger partial charge in [0.15, 0.2) is 0 Å². The molecule has 1 aliphatic heterocycles. The number of piperidine rings is 1. The van der Waals surface area contributed by atoms with Gasteiger partial charge < -0.3 is 35.8 Å². The van der Waals surface area contributed by atoms with Gasteiger partial charge in [0.05, 0.1) is 18.7 Å². The minimum absolute atomic E-state index is 0.0342. The van der Waals surface area contributed by atoms with Crippen LogP contribution >= 0.6 is 0 Å². The number of nitrogens with zero attached hydrogens (tertiary/aromatic N) is 2. The molecule has 2 unspecified atom stereocenters. The first kappa shape index (κ1) is 39.9. The van der Waals surface area contributed by atoms with E-state index in [4.69, 9.17) is 4.74 Å². The summed E-state index contributed by atoms with van der Waals surface area (Å²) in [6, 6.07) is -3.14. The van der Waals surface area contributed by atoms with Gasteiger partial charge in [-0.25, -0.2) is 4.79 Å². The van der Waals surface area contributed by atoms with Gasteiger partial charge in [-0.3, -0.25) is 28.8 Å². The predicted molar refractivity (Wildman–Crippen MR) is 186 cm³/mol. The highest BCUT2D eigenvalue weighted by Crippen LogP contribution is 2.65. The number of alkyl carbamates (subject to hydrolysis) is 1.